The van der Waals surface area contributed by atoms with Gasteiger partial charge in [-0.3, -0.25) is 4.79 Å². The summed E-state index contributed by atoms with van der Waals surface area (Å²) in [6, 6.07) is 8.18. The summed E-state index contributed by atoms with van der Waals surface area (Å²) >= 11 is 0. The summed E-state index contributed by atoms with van der Waals surface area (Å²) in [6.45, 7) is 4.60. The van der Waals surface area contributed by atoms with Crippen LogP contribution >= 0.6 is 0 Å². The van der Waals surface area contributed by atoms with E-state index in [9.17, 15) is 4.79 Å². The minimum Gasteiger partial charge on any atom is -0.380 e. The summed E-state index contributed by atoms with van der Waals surface area (Å²) < 4.78 is 5.28. The number of carbonyl (C=O) groups excluding carboxylic acids is 1. The first-order chi connectivity index (χ1) is 13.0. The molecular weight excluding hydrogens is 340 g/mol. The second-order valence-electron chi connectivity index (χ2n) is 7.44. The zero-order valence-corrected chi connectivity index (χ0v) is 17.2. The molecule has 1 aliphatic carbocycles. The van der Waals surface area contributed by atoms with Crippen LogP contribution in [-0.2, 0) is 22.7 Å². The molecular formula is C21H34N4O2. The summed E-state index contributed by atoms with van der Waals surface area (Å²) in [7, 11) is 5.39. The SMILES string of the molecule is CCNC(=NCc1ccccc1COC)NCC1(C(=O)N(C)C)CCCC1. The average molecular weight is 375 g/mol. The van der Waals surface area contributed by atoms with Crippen molar-refractivity contribution in [2.75, 3.05) is 34.3 Å². The van der Waals surface area contributed by atoms with Gasteiger partial charge in [0, 0.05) is 34.3 Å². The highest BCUT2D eigenvalue weighted by Gasteiger charge is 2.42. The summed E-state index contributed by atoms with van der Waals surface area (Å²) in [5.74, 6) is 0.969. The summed E-state index contributed by atoms with van der Waals surface area (Å²) in [4.78, 5) is 19.2. The topological polar surface area (TPSA) is 66.0 Å². The van der Waals surface area contributed by atoms with Crippen molar-refractivity contribution >= 4 is 11.9 Å². The number of benzene rings is 1. The Hall–Kier alpha value is -2.08. The molecule has 6 heteroatoms. The van der Waals surface area contributed by atoms with Gasteiger partial charge in [-0.1, -0.05) is 37.1 Å². The molecule has 1 fully saturated rings. The molecule has 1 aromatic carbocycles. The van der Waals surface area contributed by atoms with E-state index in [0.717, 1.165) is 49.3 Å². The number of aliphatic imine (C=N–C) groups is 1. The lowest BCUT2D eigenvalue weighted by Gasteiger charge is -2.31. The van der Waals surface area contributed by atoms with E-state index >= 15 is 0 Å². The minimum atomic E-state index is -0.312. The van der Waals surface area contributed by atoms with Crippen LogP contribution in [-0.4, -0.2) is 51.1 Å². The molecule has 0 aliphatic heterocycles. The van der Waals surface area contributed by atoms with E-state index in [1.807, 2.05) is 33.2 Å². The van der Waals surface area contributed by atoms with E-state index in [-0.39, 0.29) is 11.3 Å². The van der Waals surface area contributed by atoms with Crippen LogP contribution < -0.4 is 10.6 Å². The van der Waals surface area contributed by atoms with Crippen molar-refractivity contribution in [2.45, 2.75) is 45.8 Å². The van der Waals surface area contributed by atoms with Crippen LogP contribution in [0, 0.1) is 5.41 Å². The van der Waals surface area contributed by atoms with Crippen LogP contribution in [0.5, 0.6) is 0 Å². The van der Waals surface area contributed by atoms with Crippen molar-refractivity contribution in [3.8, 4) is 0 Å². The monoisotopic (exact) mass is 374 g/mol. The van der Waals surface area contributed by atoms with Crippen LogP contribution in [0.4, 0.5) is 0 Å². The average Bonchev–Trinajstić information content (AvgIpc) is 3.14. The quantitative estimate of drug-likeness (QED) is 0.542. The Kier molecular flexibility index (Phi) is 8.10. The summed E-state index contributed by atoms with van der Waals surface area (Å²) in [5.41, 5.74) is 1.99. The van der Waals surface area contributed by atoms with Crippen molar-refractivity contribution < 1.29 is 9.53 Å². The molecule has 0 spiro atoms. The number of hydrogen-bond acceptors (Lipinski definition) is 3. The third-order valence-electron chi connectivity index (χ3n) is 5.18. The zero-order chi connectivity index (χ0) is 19.7. The Balaban J connectivity index is 2.08. The highest BCUT2D eigenvalue weighted by atomic mass is 16.5. The molecule has 0 aromatic heterocycles. The first-order valence-corrected chi connectivity index (χ1v) is 9.82. The van der Waals surface area contributed by atoms with Gasteiger partial charge in [-0.05, 0) is 30.9 Å². The molecule has 0 atom stereocenters. The van der Waals surface area contributed by atoms with Crippen molar-refractivity contribution in [2.24, 2.45) is 10.4 Å². The number of ether oxygens (including phenoxy) is 1. The highest BCUT2D eigenvalue weighted by Crippen LogP contribution is 2.38. The number of carbonyl (C=O) groups is 1. The Morgan fingerprint density at radius 2 is 1.85 bits per heavy atom. The van der Waals surface area contributed by atoms with Crippen LogP contribution in [0.15, 0.2) is 29.3 Å². The predicted octanol–water partition coefficient (Wildman–Crippen LogP) is 2.54. The molecule has 1 aromatic rings. The Bertz CT molecular complexity index is 637. The lowest BCUT2D eigenvalue weighted by atomic mass is 9.84. The van der Waals surface area contributed by atoms with Gasteiger partial charge in [0.15, 0.2) is 5.96 Å². The number of nitrogens with one attached hydrogen (secondary N) is 2. The van der Waals surface area contributed by atoms with Crippen molar-refractivity contribution in [3.63, 3.8) is 0 Å². The van der Waals surface area contributed by atoms with Gasteiger partial charge >= 0.3 is 0 Å². The number of hydrogen-bond donors (Lipinski definition) is 2. The Labute approximate surface area is 163 Å². The van der Waals surface area contributed by atoms with Gasteiger partial charge in [0.1, 0.15) is 0 Å². The molecule has 2 rings (SSSR count). The van der Waals surface area contributed by atoms with Gasteiger partial charge in [-0.2, -0.15) is 0 Å². The maximum atomic E-state index is 12.7. The largest absolute Gasteiger partial charge is 0.380 e. The molecule has 27 heavy (non-hydrogen) atoms. The molecule has 0 unspecified atom stereocenters. The standard InChI is InChI=1S/C21H34N4O2/c1-5-22-20(23-14-17-10-6-7-11-18(17)15-27-4)24-16-21(12-8-9-13-21)19(26)25(2)3/h6-7,10-11H,5,8-9,12-16H2,1-4H3,(H2,22,23,24). The maximum absolute atomic E-state index is 12.7. The minimum absolute atomic E-state index is 0.216. The summed E-state index contributed by atoms with van der Waals surface area (Å²) in [5, 5.41) is 6.72. The molecule has 1 amide bonds. The lowest BCUT2D eigenvalue weighted by molar-refractivity contribution is -0.138. The predicted molar refractivity (Wildman–Crippen MR) is 110 cm³/mol. The first-order valence-electron chi connectivity index (χ1n) is 9.82. The van der Waals surface area contributed by atoms with E-state index in [0.29, 0.717) is 19.7 Å². The molecule has 0 radical (unpaired) electrons. The molecule has 2 N–H and O–H groups in total. The fourth-order valence-electron chi connectivity index (χ4n) is 3.76. The van der Waals surface area contributed by atoms with Crippen LogP contribution in [0.3, 0.4) is 0 Å². The van der Waals surface area contributed by atoms with Gasteiger partial charge in [0.2, 0.25) is 5.91 Å². The third-order valence-corrected chi connectivity index (χ3v) is 5.18. The van der Waals surface area contributed by atoms with Gasteiger partial charge < -0.3 is 20.3 Å². The van der Waals surface area contributed by atoms with E-state index < -0.39 is 0 Å². The molecule has 0 heterocycles. The number of amides is 1. The number of rotatable bonds is 8. The van der Waals surface area contributed by atoms with Crippen LogP contribution in [0.2, 0.25) is 0 Å². The van der Waals surface area contributed by atoms with Crippen molar-refractivity contribution in [1.82, 2.24) is 15.5 Å². The first kappa shape index (κ1) is 21.2. The Morgan fingerprint density at radius 1 is 1.19 bits per heavy atom. The molecule has 1 saturated carbocycles. The zero-order valence-electron chi connectivity index (χ0n) is 17.2. The molecule has 1 aliphatic rings. The van der Waals surface area contributed by atoms with E-state index in [4.69, 9.17) is 9.73 Å². The Morgan fingerprint density at radius 3 is 2.44 bits per heavy atom. The van der Waals surface area contributed by atoms with Crippen molar-refractivity contribution in [1.29, 1.82) is 0 Å². The second-order valence-corrected chi connectivity index (χ2v) is 7.44. The molecule has 0 saturated heterocycles. The maximum Gasteiger partial charge on any atom is 0.230 e. The second kappa shape index (κ2) is 10.3. The van der Waals surface area contributed by atoms with Gasteiger partial charge in [-0.25, -0.2) is 4.99 Å². The number of methoxy groups -OCH3 is 1. The van der Waals surface area contributed by atoms with Crippen LogP contribution in [0.1, 0.15) is 43.7 Å². The fourth-order valence-corrected chi connectivity index (χ4v) is 3.76. The number of guanidine groups is 1. The van der Waals surface area contributed by atoms with E-state index in [2.05, 4.69) is 22.8 Å². The van der Waals surface area contributed by atoms with E-state index in [1.54, 1.807) is 12.0 Å². The number of nitrogens with zero attached hydrogens (tertiary/aromatic N) is 2. The van der Waals surface area contributed by atoms with Crippen LogP contribution in [0.25, 0.3) is 0 Å². The summed E-state index contributed by atoms with van der Waals surface area (Å²) in [6.07, 6.45) is 4.10. The molecule has 6 nitrogen and oxygen atoms in total. The van der Waals surface area contributed by atoms with Gasteiger partial charge in [-0.15, -0.1) is 0 Å². The third kappa shape index (κ3) is 5.70. The van der Waals surface area contributed by atoms with E-state index in [1.165, 1.54) is 0 Å². The molecule has 0 bridgehead atoms. The highest BCUT2D eigenvalue weighted by molar-refractivity contribution is 5.85. The normalized spacial score (nSPS) is 16.2. The molecule has 150 valence electrons. The van der Waals surface area contributed by atoms with Gasteiger partial charge in [0.25, 0.3) is 0 Å². The lowest BCUT2D eigenvalue weighted by Crippen LogP contribution is -2.49. The van der Waals surface area contributed by atoms with Crippen molar-refractivity contribution in [3.05, 3.63) is 35.4 Å². The smallest absolute Gasteiger partial charge is 0.230 e. The fraction of sp³-hybridized carbons (Fsp3) is 0.619. The van der Waals surface area contributed by atoms with Gasteiger partial charge in [0.05, 0.1) is 18.6 Å².